The summed E-state index contributed by atoms with van der Waals surface area (Å²) in [5.74, 6) is -0.632. The molecule has 70 valence electrons. The maximum Gasteiger partial charge on any atom is 0.328 e. The number of carboxylic acid groups (broad SMARTS) is 1. The summed E-state index contributed by atoms with van der Waals surface area (Å²) in [7, 11) is 0.382. The van der Waals surface area contributed by atoms with E-state index in [2.05, 4.69) is 0 Å². The molecule has 0 aliphatic carbocycles. The van der Waals surface area contributed by atoms with Gasteiger partial charge in [-0.05, 0) is 6.42 Å². The Morgan fingerprint density at radius 2 is 2.33 bits per heavy atom. The average Bonchev–Trinajstić information content (AvgIpc) is 2.01. The van der Waals surface area contributed by atoms with Gasteiger partial charge in [-0.1, -0.05) is 0 Å². The monoisotopic (exact) mass is 192 g/mol. The maximum atomic E-state index is 10.9. The fourth-order valence-electron chi connectivity index (χ4n) is 0.548. The van der Waals surface area contributed by atoms with Gasteiger partial charge in [0.15, 0.2) is 0 Å². The molecule has 0 aromatic rings. The van der Waals surface area contributed by atoms with Gasteiger partial charge in [-0.15, -0.1) is 0 Å². The summed E-state index contributed by atoms with van der Waals surface area (Å²) in [4.78, 5) is 9.99. The molecule has 0 aliphatic rings. The molecule has 0 fully saturated rings. The molecule has 0 saturated carbocycles. The molecule has 0 saturated heterocycles. The van der Waals surface area contributed by atoms with Gasteiger partial charge in [0.1, 0.15) is 0 Å². The molecule has 4 nitrogen and oxygen atoms in total. The smallest absolute Gasteiger partial charge is 0.328 e. The van der Waals surface area contributed by atoms with Crippen molar-refractivity contribution in [3.8, 4) is 0 Å². The van der Waals surface area contributed by atoms with Crippen LogP contribution in [-0.4, -0.2) is 34.8 Å². The van der Waals surface area contributed by atoms with Gasteiger partial charge in [-0.25, -0.2) is 4.79 Å². The highest BCUT2D eigenvalue weighted by molar-refractivity contribution is 7.87. The zero-order chi connectivity index (χ0) is 9.40. The quantitative estimate of drug-likeness (QED) is 0.488. The number of methoxy groups -OCH3 is 1. The van der Waals surface area contributed by atoms with Crippen LogP contribution in [0.25, 0.3) is 0 Å². The van der Waals surface area contributed by atoms with Crippen LogP contribution in [-0.2, 0) is 20.3 Å². The van der Waals surface area contributed by atoms with Crippen molar-refractivity contribution in [2.45, 2.75) is 6.42 Å². The number of ether oxygens (including phenoxy) is 1. The summed E-state index contributed by atoms with van der Waals surface area (Å²) in [5.41, 5.74) is 0. The van der Waals surface area contributed by atoms with Gasteiger partial charge in [-0.3, -0.25) is 4.21 Å². The predicted molar refractivity (Wildman–Crippen MR) is 46.3 cm³/mol. The standard InChI is InChI=1S/C7H12O4S/c1-11-4-2-5-12(10)6-3-7(8)9/h3,6H,2,4-5H2,1H3,(H,8,9)/b6-3+. The third-order valence-corrected chi connectivity index (χ3v) is 2.19. The Balaban J connectivity index is 3.53. The lowest BCUT2D eigenvalue weighted by Gasteiger charge is -1.95. The molecule has 0 heterocycles. The lowest BCUT2D eigenvalue weighted by molar-refractivity contribution is -0.131. The summed E-state index contributed by atoms with van der Waals surface area (Å²) in [6.07, 6.45) is 1.57. The Morgan fingerprint density at radius 1 is 1.67 bits per heavy atom. The number of hydrogen-bond donors (Lipinski definition) is 1. The van der Waals surface area contributed by atoms with Gasteiger partial charge >= 0.3 is 5.97 Å². The highest BCUT2D eigenvalue weighted by atomic mass is 32.2. The van der Waals surface area contributed by atoms with Crippen LogP contribution in [0.15, 0.2) is 11.5 Å². The first kappa shape index (κ1) is 11.3. The number of carboxylic acids is 1. The molecule has 0 aliphatic heterocycles. The van der Waals surface area contributed by atoms with E-state index in [0.717, 1.165) is 6.08 Å². The Labute approximate surface area is 73.7 Å². The second kappa shape index (κ2) is 7.00. The SMILES string of the molecule is COCCCS(=O)/C=C/C(=O)O. The van der Waals surface area contributed by atoms with Gasteiger partial charge in [0.25, 0.3) is 0 Å². The first-order valence-electron chi connectivity index (χ1n) is 3.44. The summed E-state index contributed by atoms with van der Waals surface area (Å²) in [5, 5.41) is 9.37. The van der Waals surface area contributed by atoms with Crippen LogP contribution in [0.1, 0.15) is 6.42 Å². The van der Waals surface area contributed by atoms with Crippen molar-refractivity contribution in [2.75, 3.05) is 19.5 Å². The van der Waals surface area contributed by atoms with E-state index in [1.165, 1.54) is 5.41 Å². The Kier molecular flexibility index (Phi) is 6.60. The van der Waals surface area contributed by atoms with Gasteiger partial charge in [0.05, 0.1) is 0 Å². The van der Waals surface area contributed by atoms with E-state index in [9.17, 15) is 9.00 Å². The van der Waals surface area contributed by atoms with E-state index < -0.39 is 16.8 Å². The lowest BCUT2D eigenvalue weighted by Crippen LogP contribution is -1.99. The van der Waals surface area contributed by atoms with Crippen molar-refractivity contribution in [3.63, 3.8) is 0 Å². The van der Waals surface area contributed by atoms with Crippen molar-refractivity contribution in [2.24, 2.45) is 0 Å². The first-order chi connectivity index (χ1) is 5.66. The van der Waals surface area contributed by atoms with E-state index >= 15 is 0 Å². The zero-order valence-electron chi connectivity index (χ0n) is 6.86. The fourth-order valence-corrected chi connectivity index (χ4v) is 1.35. The van der Waals surface area contributed by atoms with Gasteiger partial charge in [-0.2, -0.15) is 0 Å². The molecule has 12 heavy (non-hydrogen) atoms. The summed E-state index contributed by atoms with van der Waals surface area (Å²) in [6.45, 7) is 0.548. The Bertz CT molecular complexity index is 188. The van der Waals surface area contributed by atoms with Crippen LogP contribution >= 0.6 is 0 Å². The normalized spacial score (nSPS) is 13.4. The van der Waals surface area contributed by atoms with E-state index in [4.69, 9.17) is 9.84 Å². The predicted octanol–water partition coefficient (Wildman–Crippen LogP) is 0.370. The maximum absolute atomic E-state index is 10.9. The Hall–Kier alpha value is -0.680. The molecule has 0 radical (unpaired) electrons. The third kappa shape index (κ3) is 7.43. The molecular weight excluding hydrogens is 180 g/mol. The largest absolute Gasteiger partial charge is 0.478 e. The van der Waals surface area contributed by atoms with Crippen LogP contribution in [0.3, 0.4) is 0 Å². The second-order valence-electron chi connectivity index (χ2n) is 2.07. The van der Waals surface area contributed by atoms with Crippen molar-refractivity contribution in [1.82, 2.24) is 0 Å². The molecule has 1 unspecified atom stereocenters. The van der Waals surface area contributed by atoms with Crippen molar-refractivity contribution >= 4 is 16.8 Å². The third-order valence-electron chi connectivity index (χ3n) is 1.06. The van der Waals surface area contributed by atoms with Crippen LogP contribution < -0.4 is 0 Å². The Morgan fingerprint density at radius 3 is 2.83 bits per heavy atom. The van der Waals surface area contributed by atoms with Crippen LogP contribution in [0.4, 0.5) is 0 Å². The highest BCUT2D eigenvalue weighted by Gasteiger charge is 1.94. The number of hydrogen-bond acceptors (Lipinski definition) is 3. The highest BCUT2D eigenvalue weighted by Crippen LogP contribution is 1.90. The zero-order valence-corrected chi connectivity index (χ0v) is 7.67. The molecular formula is C7H12O4S. The minimum absolute atomic E-state index is 0.442. The molecule has 5 heteroatoms. The molecule has 1 N–H and O–H groups in total. The van der Waals surface area contributed by atoms with E-state index in [1.54, 1.807) is 7.11 Å². The number of rotatable bonds is 6. The summed E-state index contributed by atoms with van der Waals surface area (Å²) < 4.78 is 15.7. The molecule has 0 aromatic carbocycles. The van der Waals surface area contributed by atoms with E-state index in [1.807, 2.05) is 0 Å². The minimum Gasteiger partial charge on any atom is -0.478 e. The van der Waals surface area contributed by atoms with Crippen LogP contribution in [0.5, 0.6) is 0 Å². The summed E-state index contributed by atoms with van der Waals surface area (Å²) >= 11 is 0. The van der Waals surface area contributed by atoms with Crippen molar-refractivity contribution in [1.29, 1.82) is 0 Å². The average molecular weight is 192 g/mol. The van der Waals surface area contributed by atoms with Gasteiger partial charge in [0, 0.05) is 41.8 Å². The molecule has 0 bridgehead atoms. The van der Waals surface area contributed by atoms with E-state index in [-0.39, 0.29) is 0 Å². The van der Waals surface area contributed by atoms with Crippen molar-refractivity contribution < 1.29 is 18.8 Å². The van der Waals surface area contributed by atoms with Gasteiger partial charge in [0.2, 0.25) is 0 Å². The fraction of sp³-hybridized carbons (Fsp3) is 0.571. The lowest BCUT2D eigenvalue weighted by atomic mass is 10.5. The van der Waals surface area contributed by atoms with E-state index in [0.29, 0.717) is 18.8 Å². The molecule has 0 spiro atoms. The number of carbonyl (C=O) groups is 1. The van der Waals surface area contributed by atoms with Crippen LogP contribution in [0.2, 0.25) is 0 Å². The minimum atomic E-state index is -1.18. The first-order valence-corrected chi connectivity index (χ1v) is 4.82. The topological polar surface area (TPSA) is 63.6 Å². The molecule has 0 rings (SSSR count). The van der Waals surface area contributed by atoms with Crippen molar-refractivity contribution in [3.05, 3.63) is 11.5 Å². The molecule has 1 atom stereocenters. The van der Waals surface area contributed by atoms with Crippen LogP contribution in [0, 0.1) is 0 Å². The second-order valence-corrected chi connectivity index (χ2v) is 3.51. The molecule has 0 aromatic heterocycles. The summed E-state index contributed by atoms with van der Waals surface area (Å²) in [6, 6.07) is 0. The molecule has 0 amide bonds. The van der Waals surface area contributed by atoms with Gasteiger partial charge < -0.3 is 9.84 Å². The number of aliphatic carboxylic acids is 1.